The van der Waals surface area contributed by atoms with Crippen LogP contribution in [0.2, 0.25) is 0 Å². The molecular formula is C26H16F2N2O2. The van der Waals surface area contributed by atoms with Gasteiger partial charge < -0.3 is 5.32 Å². The molecule has 0 fully saturated rings. The summed E-state index contributed by atoms with van der Waals surface area (Å²) in [6, 6.07) is 23.7. The lowest BCUT2D eigenvalue weighted by Crippen LogP contribution is -2.32. The first kappa shape index (κ1) is 19.6. The molecule has 4 nitrogen and oxygen atoms in total. The van der Waals surface area contributed by atoms with Crippen molar-refractivity contribution in [3.63, 3.8) is 0 Å². The van der Waals surface area contributed by atoms with E-state index >= 15 is 0 Å². The second-order valence-corrected chi connectivity index (χ2v) is 7.34. The standard InChI is InChI=1S/C26H16F2N2O2/c27-18-13-11-17(12-14-18)23-24(29-20-8-4-7-19(28)15-20)26(32)30(25(23)31)22-10-3-6-16-5-1-2-9-21(16)22/h1-15,29H. The first-order valence-electron chi connectivity index (χ1n) is 9.92. The highest BCUT2D eigenvalue weighted by Gasteiger charge is 2.40. The van der Waals surface area contributed by atoms with Crippen LogP contribution >= 0.6 is 0 Å². The third kappa shape index (κ3) is 3.32. The van der Waals surface area contributed by atoms with Gasteiger partial charge in [-0.2, -0.15) is 0 Å². The Kier molecular flexibility index (Phi) is 4.75. The highest BCUT2D eigenvalue weighted by atomic mass is 19.1. The predicted molar refractivity (Wildman–Crippen MR) is 120 cm³/mol. The van der Waals surface area contributed by atoms with Gasteiger partial charge in [-0.25, -0.2) is 13.7 Å². The molecule has 32 heavy (non-hydrogen) atoms. The van der Waals surface area contributed by atoms with E-state index in [0.29, 0.717) is 16.9 Å². The van der Waals surface area contributed by atoms with Crippen LogP contribution in [0.25, 0.3) is 16.3 Å². The Balaban J connectivity index is 1.67. The van der Waals surface area contributed by atoms with Crippen LogP contribution < -0.4 is 10.2 Å². The van der Waals surface area contributed by atoms with Crippen molar-refractivity contribution in [3.05, 3.63) is 114 Å². The molecule has 0 saturated heterocycles. The first-order chi connectivity index (χ1) is 15.5. The number of fused-ring (bicyclic) bond motifs is 1. The zero-order valence-electron chi connectivity index (χ0n) is 16.7. The van der Waals surface area contributed by atoms with Gasteiger partial charge in [-0.1, -0.05) is 54.6 Å². The maximum Gasteiger partial charge on any atom is 0.282 e. The van der Waals surface area contributed by atoms with E-state index in [1.165, 1.54) is 42.5 Å². The largest absolute Gasteiger partial charge is 0.350 e. The Labute approximate surface area is 182 Å². The molecule has 2 amide bonds. The fourth-order valence-electron chi connectivity index (χ4n) is 3.86. The number of benzene rings is 4. The summed E-state index contributed by atoms with van der Waals surface area (Å²) in [5.41, 5.74) is 1.23. The van der Waals surface area contributed by atoms with Gasteiger partial charge >= 0.3 is 0 Å². The van der Waals surface area contributed by atoms with E-state index in [0.717, 1.165) is 15.7 Å². The van der Waals surface area contributed by atoms with E-state index in [9.17, 15) is 18.4 Å². The Bertz CT molecular complexity index is 1410. The molecule has 1 aliphatic heterocycles. The zero-order chi connectivity index (χ0) is 22.2. The number of imide groups is 1. The van der Waals surface area contributed by atoms with Gasteiger partial charge in [0.15, 0.2) is 0 Å². The highest BCUT2D eigenvalue weighted by Crippen LogP contribution is 2.37. The fourth-order valence-corrected chi connectivity index (χ4v) is 3.86. The number of carbonyl (C=O) groups excluding carboxylic acids is 2. The van der Waals surface area contributed by atoms with E-state index < -0.39 is 23.4 Å². The normalized spacial score (nSPS) is 13.9. The van der Waals surface area contributed by atoms with Crippen molar-refractivity contribution in [3.8, 4) is 0 Å². The van der Waals surface area contributed by atoms with Crippen LogP contribution in [0.5, 0.6) is 0 Å². The average molecular weight is 426 g/mol. The second kappa shape index (κ2) is 7.74. The van der Waals surface area contributed by atoms with Crippen molar-refractivity contribution in [2.45, 2.75) is 0 Å². The molecule has 0 unspecified atom stereocenters. The summed E-state index contributed by atoms with van der Waals surface area (Å²) in [6.07, 6.45) is 0. The molecule has 1 aliphatic rings. The van der Waals surface area contributed by atoms with Crippen LogP contribution in [0, 0.1) is 11.6 Å². The van der Waals surface area contributed by atoms with Crippen LogP contribution in [-0.2, 0) is 9.59 Å². The van der Waals surface area contributed by atoms with Crippen LogP contribution in [0.4, 0.5) is 20.2 Å². The number of anilines is 2. The molecule has 4 aromatic carbocycles. The number of nitrogens with zero attached hydrogens (tertiary/aromatic N) is 1. The topological polar surface area (TPSA) is 49.4 Å². The minimum absolute atomic E-state index is 0.000132. The number of halogens is 2. The Morgan fingerprint density at radius 3 is 2.19 bits per heavy atom. The zero-order valence-corrected chi connectivity index (χ0v) is 16.7. The molecule has 6 heteroatoms. The molecule has 0 radical (unpaired) electrons. The van der Waals surface area contributed by atoms with E-state index in [4.69, 9.17) is 0 Å². The Morgan fingerprint density at radius 1 is 0.688 bits per heavy atom. The first-order valence-corrected chi connectivity index (χ1v) is 9.92. The van der Waals surface area contributed by atoms with Gasteiger partial charge in [-0.3, -0.25) is 9.59 Å². The third-order valence-electron chi connectivity index (χ3n) is 5.32. The fraction of sp³-hybridized carbons (Fsp3) is 0. The number of carbonyl (C=O) groups is 2. The lowest BCUT2D eigenvalue weighted by molar-refractivity contribution is -0.120. The van der Waals surface area contributed by atoms with Gasteiger partial charge in [0.2, 0.25) is 0 Å². The molecule has 0 spiro atoms. The van der Waals surface area contributed by atoms with Gasteiger partial charge in [-0.15, -0.1) is 0 Å². The molecule has 1 N–H and O–H groups in total. The predicted octanol–water partition coefficient (Wildman–Crippen LogP) is 5.51. The summed E-state index contributed by atoms with van der Waals surface area (Å²) in [4.78, 5) is 28.2. The number of amides is 2. The molecule has 0 saturated carbocycles. The van der Waals surface area contributed by atoms with Gasteiger partial charge in [0.25, 0.3) is 11.8 Å². The summed E-state index contributed by atoms with van der Waals surface area (Å²) < 4.78 is 27.3. The summed E-state index contributed by atoms with van der Waals surface area (Å²) in [7, 11) is 0. The molecule has 156 valence electrons. The van der Waals surface area contributed by atoms with Crippen LogP contribution in [0.15, 0.2) is 96.7 Å². The Morgan fingerprint density at radius 2 is 1.41 bits per heavy atom. The number of hydrogen-bond acceptors (Lipinski definition) is 3. The molecule has 0 atom stereocenters. The second-order valence-electron chi connectivity index (χ2n) is 7.34. The molecule has 5 rings (SSSR count). The van der Waals surface area contributed by atoms with Crippen molar-refractivity contribution in [1.29, 1.82) is 0 Å². The van der Waals surface area contributed by atoms with Crippen LogP contribution in [0.1, 0.15) is 5.56 Å². The van der Waals surface area contributed by atoms with Crippen molar-refractivity contribution >= 4 is 39.5 Å². The monoisotopic (exact) mass is 426 g/mol. The van der Waals surface area contributed by atoms with Crippen LogP contribution in [-0.4, -0.2) is 11.8 Å². The molecule has 0 bridgehead atoms. The van der Waals surface area contributed by atoms with Crippen LogP contribution in [0.3, 0.4) is 0 Å². The van der Waals surface area contributed by atoms with E-state index in [1.807, 2.05) is 30.3 Å². The number of rotatable bonds is 4. The van der Waals surface area contributed by atoms with E-state index in [1.54, 1.807) is 18.2 Å². The lowest BCUT2D eigenvalue weighted by Gasteiger charge is -2.18. The summed E-state index contributed by atoms with van der Waals surface area (Å²) in [5, 5.41) is 4.52. The smallest absolute Gasteiger partial charge is 0.282 e. The van der Waals surface area contributed by atoms with Gasteiger partial charge in [-0.05, 0) is 47.3 Å². The molecule has 0 aliphatic carbocycles. The van der Waals surface area contributed by atoms with E-state index in [2.05, 4.69) is 5.32 Å². The Hall–Kier alpha value is -4.32. The van der Waals surface area contributed by atoms with Crippen molar-refractivity contribution in [1.82, 2.24) is 0 Å². The third-order valence-corrected chi connectivity index (χ3v) is 5.32. The quantitative estimate of drug-likeness (QED) is 0.438. The summed E-state index contributed by atoms with van der Waals surface area (Å²) in [5.74, 6) is -2.06. The maximum absolute atomic E-state index is 13.7. The van der Waals surface area contributed by atoms with Gasteiger partial charge in [0.1, 0.15) is 17.3 Å². The molecule has 4 aromatic rings. The SMILES string of the molecule is O=C1C(Nc2cccc(F)c2)=C(c2ccc(F)cc2)C(=O)N1c1cccc2ccccc12. The molecule has 1 heterocycles. The van der Waals surface area contributed by atoms with Crippen molar-refractivity contribution in [2.75, 3.05) is 10.2 Å². The molecule has 0 aromatic heterocycles. The highest BCUT2D eigenvalue weighted by molar-refractivity contribution is 6.47. The lowest BCUT2D eigenvalue weighted by atomic mass is 10.0. The summed E-state index contributed by atoms with van der Waals surface area (Å²) in [6.45, 7) is 0. The number of nitrogens with one attached hydrogen (secondary N) is 1. The number of hydrogen-bond donors (Lipinski definition) is 1. The van der Waals surface area contributed by atoms with Gasteiger partial charge in [0, 0.05) is 11.1 Å². The average Bonchev–Trinajstić information content (AvgIpc) is 3.03. The maximum atomic E-state index is 13.7. The van der Waals surface area contributed by atoms with Crippen molar-refractivity contribution in [2.24, 2.45) is 0 Å². The van der Waals surface area contributed by atoms with E-state index in [-0.39, 0.29) is 11.3 Å². The summed E-state index contributed by atoms with van der Waals surface area (Å²) >= 11 is 0. The van der Waals surface area contributed by atoms with Crippen molar-refractivity contribution < 1.29 is 18.4 Å². The minimum atomic E-state index is -0.574. The minimum Gasteiger partial charge on any atom is -0.350 e. The van der Waals surface area contributed by atoms with Gasteiger partial charge in [0.05, 0.1) is 11.3 Å². The molecular weight excluding hydrogens is 410 g/mol.